The van der Waals surface area contributed by atoms with Crippen molar-refractivity contribution in [1.82, 2.24) is 20.9 Å². The average molecular weight is 560 g/mol. The lowest BCUT2D eigenvalue weighted by Crippen LogP contribution is -2.51. The van der Waals surface area contributed by atoms with E-state index in [-0.39, 0.29) is 29.9 Å². The molecule has 1 aromatic carbocycles. The van der Waals surface area contributed by atoms with Crippen molar-refractivity contribution < 1.29 is 9.53 Å². The first-order valence-corrected chi connectivity index (χ1v) is 11.7. The second-order valence-electron chi connectivity index (χ2n) is 8.46. The van der Waals surface area contributed by atoms with E-state index < -0.39 is 0 Å². The zero-order chi connectivity index (χ0) is 22.5. The number of amides is 1. The van der Waals surface area contributed by atoms with Crippen LogP contribution in [-0.2, 0) is 11.3 Å². The molecule has 0 spiro atoms. The third kappa shape index (κ3) is 10.5. The summed E-state index contributed by atoms with van der Waals surface area (Å²) >= 11 is 0. The van der Waals surface area contributed by atoms with Gasteiger partial charge in [-0.3, -0.25) is 9.69 Å². The number of hydrogen-bond donors (Lipinski definition) is 3. The fourth-order valence-electron chi connectivity index (χ4n) is 3.73. The highest BCUT2D eigenvalue weighted by Crippen LogP contribution is 2.13. The minimum Gasteiger partial charge on any atom is -0.379 e. The van der Waals surface area contributed by atoms with Gasteiger partial charge in [-0.05, 0) is 43.4 Å². The van der Waals surface area contributed by atoms with Gasteiger partial charge in [0, 0.05) is 44.3 Å². The number of ether oxygens (including phenoxy) is 1. The van der Waals surface area contributed by atoms with Crippen LogP contribution in [0.1, 0.15) is 56.5 Å². The Morgan fingerprint density at radius 2 is 1.91 bits per heavy atom. The van der Waals surface area contributed by atoms with Crippen LogP contribution < -0.4 is 16.0 Å². The van der Waals surface area contributed by atoms with Crippen LogP contribution in [0.3, 0.4) is 0 Å². The summed E-state index contributed by atoms with van der Waals surface area (Å²) in [6.45, 7) is 15.1. The predicted molar refractivity (Wildman–Crippen MR) is 143 cm³/mol. The van der Waals surface area contributed by atoms with Gasteiger partial charge in [0.25, 0.3) is 5.91 Å². The summed E-state index contributed by atoms with van der Waals surface area (Å²) in [6, 6.07) is 8.16. The van der Waals surface area contributed by atoms with Crippen LogP contribution in [0.5, 0.6) is 0 Å². The van der Waals surface area contributed by atoms with Crippen molar-refractivity contribution in [2.45, 2.75) is 53.1 Å². The van der Waals surface area contributed by atoms with E-state index in [1.165, 1.54) is 0 Å². The third-order valence-corrected chi connectivity index (χ3v) is 5.30. The van der Waals surface area contributed by atoms with Crippen LogP contribution in [0.25, 0.3) is 0 Å². The maximum absolute atomic E-state index is 12.2. The van der Waals surface area contributed by atoms with Gasteiger partial charge >= 0.3 is 0 Å². The molecule has 32 heavy (non-hydrogen) atoms. The van der Waals surface area contributed by atoms with Crippen molar-refractivity contribution in [2.75, 3.05) is 45.9 Å². The summed E-state index contributed by atoms with van der Waals surface area (Å²) in [5, 5.41) is 9.81. The van der Waals surface area contributed by atoms with Crippen LogP contribution in [0.4, 0.5) is 0 Å². The van der Waals surface area contributed by atoms with E-state index in [0.717, 1.165) is 63.8 Å². The minimum atomic E-state index is -0.0280. The molecular weight excluding hydrogens is 517 g/mol. The molecule has 1 aromatic rings. The lowest BCUT2D eigenvalue weighted by atomic mass is 10.0. The standard InChI is InChI=1S/C24H41N5O2.HI/c1-5-10-26-23(30)21-9-7-8-20(16-21)17-27-24(25-6-2)28-18-22(15-19(3)4)29-11-13-31-14-12-29;/h7-9,16,19,22H,5-6,10-15,17-18H2,1-4H3,(H,26,30)(H2,25,27,28);1H. The number of morpholine rings is 1. The first-order chi connectivity index (χ1) is 15.0. The number of benzene rings is 1. The van der Waals surface area contributed by atoms with Gasteiger partial charge in [-0.25, -0.2) is 4.99 Å². The molecule has 8 heteroatoms. The number of guanidine groups is 1. The first kappa shape index (κ1) is 28.6. The molecule has 1 saturated heterocycles. The zero-order valence-electron chi connectivity index (χ0n) is 20.2. The van der Waals surface area contributed by atoms with Crippen molar-refractivity contribution in [3.63, 3.8) is 0 Å². The molecule has 7 nitrogen and oxygen atoms in total. The minimum absolute atomic E-state index is 0. The molecule has 0 aromatic heterocycles. The summed E-state index contributed by atoms with van der Waals surface area (Å²) in [7, 11) is 0. The quantitative estimate of drug-likeness (QED) is 0.221. The number of carbonyl (C=O) groups excluding carboxylic acids is 1. The number of rotatable bonds is 11. The van der Waals surface area contributed by atoms with Crippen LogP contribution in [0.2, 0.25) is 0 Å². The molecule has 1 amide bonds. The summed E-state index contributed by atoms with van der Waals surface area (Å²) in [6.07, 6.45) is 2.07. The van der Waals surface area contributed by atoms with Crippen LogP contribution in [-0.4, -0.2) is 68.7 Å². The SMILES string of the molecule is CCCNC(=O)c1cccc(CN=C(NCC)NCC(CC(C)C)N2CCOCC2)c1.I. The molecule has 1 aliphatic rings. The number of aliphatic imine (C=N–C) groups is 1. The van der Waals surface area contributed by atoms with Gasteiger partial charge in [0.15, 0.2) is 5.96 Å². The van der Waals surface area contributed by atoms with E-state index in [4.69, 9.17) is 9.73 Å². The summed E-state index contributed by atoms with van der Waals surface area (Å²) in [5.41, 5.74) is 1.71. The van der Waals surface area contributed by atoms with Crippen molar-refractivity contribution in [3.8, 4) is 0 Å². The molecule has 1 fully saturated rings. The Morgan fingerprint density at radius 1 is 1.16 bits per heavy atom. The van der Waals surface area contributed by atoms with Gasteiger partial charge in [0.2, 0.25) is 0 Å². The lowest BCUT2D eigenvalue weighted by Gasteiger charge is -2.35. The normalized spacial score (nSPS) is 15.7. The van der Waals surface area contributed by atoms with Gasteiger partial charge < -0.3 is 20.7 Å². The molecule has 2 rings (SSSR count). The second-order valence-corrected chi connectivity index (χ2v) is 8.46. The number of halogens is 1. The Kier molecular flexibility index (Phi) is 14.6. The molecule has 0 aliphatic carbocycles. The molecule has 1 unspecified atom stereocenters. The third-order valence-electron chi connectivity index (χ3n) is 5.30. The van der Waals surface area contributed by atoms with Gasteiger partial charge in [0.05, 0.1) is 19.8 Å². The predicted octanol–water partition coefficient (Wildman–Crippen LogP) is 3.25. The molecular formula is C24H42IN5O2. The molecule has 1 atom stereocenters. The Balaban J connectivity index is 0.00000512. The first-order valence-electron chi connectivity index (χ1n) is 11.7. The lowest BCUT2D eigenvalue weighted by molar-refractivity contribution is 0.0132. The van der Waals surface area contributed by atoms with E-state index in [1.54, 1.807) is 0 Å². The number of nitrogens with zero attached hydrogens (tertiary/aromatic N) is 2. The topological polar surface area (TPSA) is 78.0 Å². The smallest absolute Gasteiger partial charge is 0.251 e. The molecule has 0 saturated carbocycles. The molecule has 0 radical (unpaired) electrons. The molecule has 3 N–H and O–H groups in total. The number of hydrogen-bond acceptors (Lipinski definition) is 4. The Bertz CT molecular complexity index is 693. The van der Waals surface area contributed by atoms with Crippen LogP contribution in [0, 0.1) is 5.92 Å². The maximum Gasteiger partial charge on any atom is 0.251 e. The summed E-state index contributed by atoms with van der Waals surface area (Å²) < 4.78 is 5.53. The van der Waals surface area contributed by atoms with Crippen molar-refractivity contribution >= 4 is 35.8 Å². The van der Waals surface area contributed by atoms with E-state index in [0.29, 0.717) is 30.6 Å². The van der Waals surface area contributed by atoms with E-state index in [1.807, 2.05) is 31.2 Å². The largest absolute Gasteiger partial charge is 0.379 e. The van der Waals surface area contributed by atoms with Gasteiger partial charge in [-0.1, -0.05) is 32.9 Å². The van der Waals surface area contributed by atoms with Crippen molar-refractivity contribution in [1.29, 1.82) is 0 Å². The molecule has 1 heterocycles. The van der Waals surface area contributed by atoms with Crippen LogP contribution >= 0.6 is 24.0 Å². The highest BCUT2D eigenvalue weighted by Gasteiger charge is 2.22. The van der Waals surface area contributed by atoms with E-state index in [9.17, 15) is 4.79 Å². The van der Waals surface area contributed by atoms with E-state index >= 15 is 0 Å². The Morgan fingerprint density at radius 3 is 2.56 bits per heavy atom. The molecule has 0 bridgehead atoms. The zero-order valence-corrected chi connectivity index (χ0v) is 22.5. The van der Waals surface area contributed by atoms with E-state index in [2.05, 4.69) is 41.6 Å². The number of carbonyl (C=O) groups is 1. The van der Waals surface area contributed by atoms with Crippen molar-refractivity contribution in [3.05, 3.63) is 35.4 Å². The fourth-order valence-corrected chi connectivity index (χ4v) is 3.73. The van der Waals surface area contributed by atoms with Gasteiger partial charge in [-0.15, -0.1) is 24.0 Å². The monoisotopic (exact) mass is 559 g/mol. The maximum atomic E-state index is 12.2. The second kappa shape index (κ2) is 16.3. The molecule has 1 aliphatic heterocycles. The number of nitrogens with one attached hydrogen (secondary N) is 3. The van der Waals surface area contributed by atoms with Gasteiger partial charge in [-0.2, -0.15) is 0 Å². The highest BCUT2D eigenvalue weighted by atomic mass is 127. The average Bonchev–Trinajstić information content (AvgIpc) is 2.78. The Labute approximate surface area is 211 Å². The van der Waals surface area contributed by atoms with Gasteiger partial charge in [0.1, 0.15) is 0 Å². The summed E-state index contributed by atoms with van der Waals surface area (Å²) in [5.74, 6) is 1.42. The fraction of sp³-hybridized carbons (Fsp3) is 0.667. The highest BCUT2D eigenvalue weighted by molar-refractivity contribution is 14.0. The Hall–Kier alpha value is -1.39. The van der Waals surface area contributed by atoms with Crippen LogP contribution in [0.15, 0.2) is 29.3 Å². The molecule has 182 valence electrons. The summed E-state index contributed by atoms with van der Waals surface area (Å²) in [4.78, 5) is 19.5. The van der Waals surface area contributed by atoms with Crippen molar-refractivity contribution in [2.24, 2.45) is 10.9 Å².